The largest absolute Gasteiger partial charge is 0.507 e. The van der Waals surface area contributed by atoms with Crippen LogP contribution in [0.5, 0.6) is 11.5 Å². The average molecular weight is 466 g/mol. The normalized spacial score (nSPS) is 10.0. The van der Waals surface area contributed by atoms with Crippen molar-refractivity contribution in [3.63, 3.8) is 0 Å². The molecule has 172 valence electrons. The second kappa shape index (κ2) is 11.7. The monoisotopic (exact) mass is 465 g/mol. The Hall–Kier alpha value is -3.82. The van der Waals surface area contributed by atoms with E-state index in [1.807, 2.05) is 25.1 Å². The van der Waals surface area contributed by atoms with Crippen LogP contribution in [0.3, 0.4) is 0 Å². The Kier molecular flexibility index (Phi) is 9.02. The topological polar surface area (TPSA) is 161 Å². The molecule has 33 heavy (non-hydrogen) atoms. The van der Waals surface area contributed by atoms with Crippen molar-refractivity contribution in [2.45, 2.75) is 18.2 Å². The molecule has 0 radical (unpaired) electrons. The van der Waals surface area contributed by atoms with Crippen LogP contribution in [0.2, 0.25) is 0 Å². The van der Waals surface area contributed by atoms with Crippen molar-refractivity contribution in [3.8, 4) is 11.5 Å². The number of aromatic hydroxyl groups is 2. The third-order valence-corrected chi connectivity index (χ3v) is 4.95. The molecule has 0 atom stereocenters. The molecule has 0 spiro atoms. The number of nitrogens with one attached hydrogen (secondary N) is 2. The van der Waals surface area contributed by atoms with Crippen LogP contribution in [0.15, 0.2) is 71.6 Å². The van der Waals surface area contributed by atoms with Crippen molar-refractivity contribution in [1.29, 1.82) is 10.8 Å². The Morgan fingerprint density at radius 2 is 1.61 bits per heavy atom. The number of amides is 1. The zero-order valence-electron chi connectivity index (χ0n) is 18.1. The van der Waals surface area contributed by atoms with Gasteiger partial charge in [-0.25, -0.2) is 0 Å². The summed E-state index contributed by atoms with van der Waals surface area (Å²) in [5, 5.41) is 35.8. The van der Waals surface area contributed by atoms with Gasteiger partial charge in [0.25, 0.3) is 5.91 Å². The fourth-order valence-corrected chi connectivity index (χ4v) is 3.05. The van der Waals surface area contributed by atoms with Crippen LogP contribution >= 0.6 is 12.6 Å². The molecule has 0 fully saturated rings. The van der Waals surface area contributed by atoms with E-state index in [2.05, 4.69) is 24.8 Å². The Morgan fingerprint density at radius 1 is 1.00 bits per heavy atom. The van der Waals surface area contributed by atoms with E-state index in [9.17, 15) is 15.0 Å². The van der Waals surface area contributed by atoms with Crippen LogP contribution in [-0.4, -0.2) is 34.3 Å². The molecule has 8 N–H and O–H groups in total. The van der Waals surface area contributed by atoms with Gasteiger partial charge >= 0.3 is 0 Å². The summed E-state index contributed by atoms with van der Waals surface area (Å²) in [6.45, 7) is 2.61. The van der Waals surface area contributed by atoms with Gasteiger partial charge in [0.2, 0.25) is 0 Å². The number of primary amides is 1. The standard InChI is InChI=1S/C16H16N4O3S.C8H11N/c1-8-2-4-9(5-3-8)20(15(18)16(19)23)14(17)10-6-13(24)12(22)7-11(10)21;9-7-6-8-4-2-1-3-5-8/h2-7,17-18,21-22,24H,1H3,(H2,19,23);1-5H,6-7,9H2. The number of nitrogens with two attached hydrogens (primary N) is 2. The van der Waals surface area contributed by atoms with E-state index in [1.165, 1.54) is 11.6 Å². The number of hydrogen-bond donors (Lipinski definition) is 7. The highest BCUT2D eigenvalue weighted by molar-refractivity contribution is 7.80. The van der Waals surface area contributed by atoms with Gasteiger partial charge in [0.1, 0.15) is 17.3 Å². The number of anilines is 1. The lowest BCUT2D eigenvalue weighted by Gasteiger charge is -2.25. The van der Waals surface area contributed by atoms with Crippen LogP contribution < -0.4 is 16.4 Å². The minimum atomic E-state index is -1.02. The Morgan fingerprint density at radius 3 is 2.15 bits per heavy atom. The number of phenolic OH excluding ortho intramolecular Hbond substituents is 2. The van der Waals surface area contributed by atoms with E-state index in [4.69, 9.17) is 22.3 Å². The highest BCUT2D eigenvalue weighted by atomic mass is 32.1. The summed E-state index contributed by atoms with van der Waals surface area (Å²) in [5.74, 6) is -2.64. The van der Waals surface area contributed by atoms with Crippen molar-refractivity contribution in [3.05, 3.63) is 83.4 Å². The van der Waals surface area contributed by atoms with Crippen molar-refractivity contribution in [2.75, 3.05) is 11.4 Å². The lowest BCUT2D eigenvalue weighted by Crippen LogP contribution is -2.44. The van der Waals surface area contributed by atoms with Gasteiger partial charge in [-0.2, -0.15) is 0 Å². The average Bonchev–Trinajstić information content (AvgIpc) is 2.79. The zero-order chi connectivity index (χ0) is 24.5. The predicted octanol–water partition coefficient (Wildman–Crippen LogP) is 3.18. The zero-order valence-corrected chi connectivity index (χ0v) is 19.0. The summed E-state index contributed by atoms with van der Waals surface area (Å²) in [7, 11) is 0. The molecule has 0 aliphatic heterocycles. The van der Waals surface area contributed by atoms with Crippen LogP contribution in [-0.2, 0) is 11.2 Å². The summed E-state index contributed by atoms with van der Waals surface area (Å²) in [5.41, 5.74) is 13.2. The SMILES string of the molecule is Cc1ccc(N(C(=N)C(N)=O)C(=N)c2cc(S)c(O)cc2O)cc1.NCCc1ccccc1. The van der Waals surface area contributed by atoms with Gasteiger partial charge in [0.05, 0.1) is 5.56 Å². The quantitative estimate of drug-likeness (QED) is 0.179. The lowest BCUT2D eigenvalue weighted by molar-refractivity contribution is -0.112. The summed E-state index contributed by atoms with van der Waals surface area (Å²) in [6.07, 6.45) is 0.987. The number of hydrogen-bond acceptors (Lipinski definition) is 7. The number of rotatable bonds is 4. The molecular weight excluding hydrogens is 438 g/mol. The van der Waals surface area contributed by atoms with E-state index >= 15 is 0 Å². The molecule has 3 rings (SSSR count). The molecular formula is C24H27N5O3S. The summed E-state index contributed by atoms with van der Waals surface area (Å²) < 4.78 is 0. The van der Waals surface area contributed by atoms with E-state index in [0.717, 1.165) is 29.5 Å². The van der Waals surface area contributed by atoms with Gasteiger partial charge in [-0.05, 0) is 43.7 Å². The second-order valence-electron chi connectivity index (χ2n) is 7.11. The summed E-state index contributed by atoms with van der Waals surface area (Å²) in [4.78, 5) is 12.6. The van der Waals surface area contributed by atoms with E-state index < -0.39 is 11.7 Å². The van der Waals surface area contributed by atoms with E-state index in [1.54, 1.807) is 24.3 Å². The van der Waals surface area contributed by atoms with Crippen molar-refractivity contribution < 1.29 is 15.0 Å². The molecule has 8 nitrogen and oxygen atoms in total. The molecule has 0 saturated heterocycles. The van der Waals surface area contributed by atoms with Gasteiger partial charge in [-0.15, -0.1) is 12.6 Å². The number of phenols is 2. The molecule has 3 aromatic carbocycles. The first-order valence-electron chi connectivity index (χ1n) is 9.98. The molecule has 0 heterocycles. The molecule has 0 aliphatic rings. The highest BCUT2D eigenvalue weighted by Gasteiger charge is 2.25. The minimum absolute atomic E-state index is 0.00984. The fraction of sp³-hybridized carbons (Fsp3) is 0.125. The van der Waals surface area contributed by atoms with Crippen LogP contribution in [0.1, 0.15) is 16.7 Å². The van der Waals surface area contributed by atoms with Gasteiger partial charge < -0.3 is 21.7 Å². The fourth-order valence-electron chi connectivity index (χ4n) is 2.86. The maximum absolute atomic E-state index is 11.5. The van der Waals surface area contributed by atoms with Crippen molar-refractivity contribution >= 4 is 35.9 Å². The summed E-state index contributed by atoms with van der Waals surface area (Å²) in [6, 6.07) is 19.3. The van der Waals surface area contributed by atoms with Crippen molar-refractivity contribution in [2.24, 2.45) is 11.5 Å². The Bertz CT molecular complexity index is 1130. The van der Waals surface area contributed by atoms with Crippen LogP contribution in [0.25, 0.3) is 0 Å². The number of carbonyl (C=O) groups is 1. The van der Waals surface area contributed by atoms with Crippen LogP contribution in [0.4, 0.5) is 5.69 Å². The van der Waals surface area contributed by atoms with Crippen LogP contribution in [0, 0.1) is 17.7 Å². The minimum Gasteiger partial charge on any atom is -0.507 e. The predicted molar refractivity (Wildman–Crippen MR) is 134 cm³/mol. The van der Waals surface area contributed by atoms with Crippen molar-refractivity contribution in [1.82, 2.24) is 0 Å². The molecule has 0 unspecified atom stereocenters. The number of amidine groups is 2. The van der Waals surface area contributed by atoms with E-state index in [-0.39, 0.29) is 27.8 Å². The molecule has 0 saturated carbocycles. The van der Waals surface area contributed by atoms with Gasteiger partial charge in [0.15, 0.2) is 5.84 Å². The van der Waals surface area contributed by atoms with Gasteiger partial charge in [-0.1, -0.05) is 48.0 Å². The molecule has 0 bridgehead atoms. The number of benzene rings is 3. The third-order valence-electron chi connectivity index (χ3n) is 4.60. The number of nitrogens with zero attached hydrogens (tertiary/aromatic N) is 1. The first kappa shape index (κ1) is 25.4. The first-order valence-corrected chi connectivity index (χ1v) is 10.4. The maximum Gasteiger partial charge on any atom is 0.284 e. The van der Waals surface area contributed by atoms with E-state index in [0.29, 0.717) is 5.69 Å². The molecule has 9 heteroatoms. The maximum atomic E-state index is 11.5. The first-order chi connectivity index (χ1) is 15.6. The number of aryl methyl sites for hydroxylation is 1. The molecule has 1 amide bonds. The lowest BCUT2D eigenvalue weighted by atomic mass is 10.1. The molecule has 0 aromatic heterocycles. The Labute approximate surface area is 197 Å². The number of thiol groups is 1. The van der Waals surface area contributed by atoms with Gasteiger partial charge in [-0.3, -0.25) is 20.5 Å². The summed E-state index contributed by atoms with van der Waals surface area (Å²) >= 11 is 4.05. The number of carbonyl (C=O) groups excluding carboxylic acids is 1. The molecule has 3 aromatic rings. The smallest absolute Gasteiger partial charge is 0.284 e. The van der Waals surface area contributed by atoms with Gasteiger partial charge in [0, 0.05) is 16.6 Å². The highest BCUT2D eigenvalue weighted by Crippen LogP contribution is 2.31. The Balaban J connectivity index is 0.000000357. The molecule has 0 aliphatic carbocycles. The second-order valence-corrected chi connectivity index (χ2v) is 7.60. The third kappa shape index (κ3) is 6.83.